The van der Waals surface area contributed by atoms with Crippen LogP contribution in [0.1, 0.15) is 24.8 Å². The first-order valence-corrected chi connectivity index (χ1v) is 10.8. The van der Waals surface area contributed by atoms with Gasteiger partial charge in [0.25, 0.3) is 0 Å². The molecule has 1 fully saturated rings. The Kier molecular flexibility index (Phi) is 6.63. The van der Waals surface area contributed by atoms with Crippen molar-refractivity contribution in [3.05, 3.63) is 65.7 Å². The van der Waals surface area contributed by atoms with Crippen molar-refractivity contribution in [3.63, 3.8) is 0 Å². The number of nitriles is 2. The normalized spacial score (nSPS) is 16.7. The second kappa shape index (κ2) is 9.36. The van der Waals surface area contributed by atoms with Crippen LogP contribution in [0.2, 0.25) is 0 Å². The highest BCUT2D eigenvalue weighted by molar-refractivity contribution is 7.89. The molecule has 0 bridgehead atoms. The topological polar surface area (TPSA) is 111 Å². The van der Waals surface area contributed by atoms with Gasteiger partial charge in [-0.05, 0) is 55.2 Å². The minimum atomic E-state index is -3.81. The molecule has 0 saturated carbocycles. The van der Waals surface area contributed by atoms with Crippen molar-refractivity contribution >= 4 is 22.1 Å². The van der Waals surface area contributed by atoms with Crippen LogP contribution in [0.5, 0.6) is 5.75 Å². The first-order chi connectivity index (χ1) is 14.5. The fourth-order valence-corrected chi connectivity index (χ4v) is 4.90. The van der Waals surface area contributed by atoms with Crippen molar-refractivity contribution in [2.24, 2.45) is 0 Å². The predicted molar refractivity (Wildman–Crippen MR) is 109 cm³/mol. The number of ether oxygens (including phenoxy) is 1. The smallest absolute Gasteiger partial charge is 0.329 e. The Morgan fingerprint density at radius 1 is 1.03 bits per heavy atom. The number of rotatable bonds is 5. The molecule has 1 unspecified atom stereocenters. The lowest BCUT2D eigenvalue weighted by molar-refractivity contribution is -0.139. The van der Waals surface area contributed by atoms with Gasteiger partial charge in [-0.3, -0.25) is 0 Å². The van der Waals surface area contributed by atoms with Crippen LogP contribution in [0.15, 0.2) is 65.1 Å². The summed E-state index contributed by atoms with van der Waals surface area (Å²) in [4.78, 5) is 12.9. The number of hydrogen-bond acceptors (Lipinski definition) is 6. The van der Waals surface area contributed by atoms with Gasteiger partial charge in [0, 0.05) is 6.54 Å². The second-order valence-corrected chi connectivity index (χ2v) is 8.60. The van der Waals surface area contributed by atoms with Crippen LogP contribution in [0.25, 0.3) is 6.08 Å². The van der Waals surface area contributed by atoms with E-state index in [1.54, 1.807) is 42.5 Å². The maximum absolute atomic E-state index is 13.0. The van der Waals surface area contributed by atoms with Crippen molar-refractivity contribution in [1.29, 1.82) is 10.5 Å². The Balaban J connectivity index is 1.77. The van der Waals surface area contributed by atoms with Crippen LogP contribution < -0.4 is 4.74 Å². The molecule has 152 valence electrons. The van der Waals surface area contributed by atoms with Gasteiger partial charge in [0.15, 0.2) is 0 Å². The number of allylic oxidation sites excluding steroid dienone is 1. The Hall–Kier alpha value is -3.46. The van der Waals surface area contributed by atoms with Crippen LogP contribution in [-0.2, 0) is 14.8 Å². The van der Waals surface area contributed by atoms with Gasteiger partial charge in [-0.25, -0.2) is 13.2 Å². The number of benzene rings is 2. The molecular formula is C22H19N3O4S. The first kappa shape index (κ1) is 21.3. The van der Waals surface area contributed by atoms with Gasteiger partial charge in [0.05, 0.1) is 4.90 Å². The number of carbonyl (C=O) groups excluding carboxylic acids is 1. The molecule has 7 nitrogen and oxygen atoms in total. The molecule has 3 rings (SSSR count). The Morgan fingerprint density at radius 2 is 1.70 bits per heavy atom. The van der Waals surface area contributed by atoms with Gasteiger partial charge in [0.1, 0.15) is 29.5 Å². The maximum atomic E-state index is 13.0. The van der Waals surface area contributed by atoms with Crippen molar-refractivity contribution < 1.29 is 17.9 Å². The quantitative estimate of drug-likeness (QED) is 0.416. The SMILES string of the molecule is N#CC(C#N)=Cc1ccc(OC(=O)C2CCCCN2S(=O)(=O)c2ccccc2)cc1. The number of esters is 1. The van der Waals surface area contributed by atoms with Crippen molar-refractivity contribution in [2.75, 3.05) is 6.54 Å². The predicted octanol–water partition coefficient (Wildman–Crippen LogP) is 3.27. The largest absolute Gasteiger partial charge is 0.425 e. The van der Waals surface area contributed by atoms with Crippen LogP contribution >= 0.6 is 0 Å². The summed E-state index contributed by atoms with van der Waals surface area (Å²) in [6.45, 7) is 0.256. The standard InChI is InChI=1S/C22H19N3O4S/c23-15-18(16-24)14-17-9-11-19(12-10-17)29-22(26)21-8-4-5-13-25(21)30(27,28)20-6-2-1-3-7-20/h1-3,6-7,9-12,14,21H,4-5,8,13H2. The number of piperidine rings is 1. The average Bonchev–Trinajstić information content (AvgIpc) is 2.79. The van der Waals surface area contributed by atoms with Gasteiger partial charge in [0.2, 0.25) is 10.0 Å². The van der Waals surface area contributed by atoms with E-state index in [1.165, 1.54) is 34.6 Å². The highest BCUT2D eigenvalue weighted by atomic mass is 32.2. The van der Waals surface area contributed by atoms with Crippen molar-refractivity contribution in [2.45, 2.75) is 30.2 Å². The van der Waals surface area contributed by atoms with Crippen molar-refractivity contribution in [1.82, 2.24) is 4.31 Å². The summed E-state index contributed by atoms with van der Waals surface area (Å²) in [6.07, 6.45) is 3.22. The van der Waals surface area contributed by atoms with Gasteiger partial charge in [-0.2, -0.15) is 14.8 Å². The van der Waals surface area contributed by atoms with E-state index in [0.717, 1.165) is 6.42 Å². The van der Waals surface area contributed by atoms with Crippen LogP contribution in [-0.4, -0.2) is 31.3 Å². The molecule has 0 amide bonds. The van der Waals surface area contributed by atoms with Gasteiger partial charge >= 0.3 is 5.97 Å². The summed E-state index contributed by atoms with van der Waals surface area (Å²) in [5.74, 6) is -0.373. The zero-order chi connectivity index (χ0) is 21.6. The van der Waals surface area contributed by atoms with E-state index in [-0.39, 0.29) is 22.8 Å². The van der Waals surface area contributed by atoms with E-state index in [9.17, 15) is 13.2 Å². The Labute approximate surface area is 175 Å². The fourth-order valence-electron chi connectivity index (χ4n) is 3.23. The minimum Gasteiger partial charge on any atom is -0.425 e. The van der Waals surface area contributed by atoms with Crippen LogP contribution in [0.4, 0.5) is 0 Å². The lowest BCUT2D eigenvalue weighted by Crippen LogP contribution is -2.49. The molecule has 1 heterocycles. The number of nitrogens with zero attached hydrogens (tertiary/aromatic N) is 3. The van der Waals surface area contributed by atoms with Gasteiger partial charge < -0.3 is 4.74 Å². The first-order valence-electron chi connectivity index (χ1n) is 9.36. The molecule has 30 heavy (non-hydrogen) atoms. The monoisotopic (exact) mass is 421 g/mol. The fraction of sp³-hybridized carbons (Fsp3) is 0.227. The van der Waals surface area contributed by atoms with E-state index >= 15 is 0 Å². The molecule has 8 heteroatoms. The summed E-state index contributed by atoms with van der Waals surface area (Å²) in [6, 6.07) is 17.0. The molecule has 0 aliphatic carbocycles. The molecular weight excluding hydrogens is 402 g/mol. The molecule has 1 aliphatic heterocycles. The molecule has 1 aliphatic rings. The molecule has 0 spiro atoms. The lowest BCUT2D eigenvalue weighted by atomic mass is 10.1. The average molecular weight is 421 g/mol. The van der Waals surface area contributed by atoms with Gasteiger partial charge in [-0.1, -0.05) is 30.3 Å². The molecule has 1 saturated heterocycles. The maximum Gasteiger partial charge on any atom is 0.329 e. The summed E-state index contributed by atoms with van der Waals surface area (Å²) in [5.41, 5.74) is 0.572. The Bertz CT molecular complexity index is 1110. The summed E-state index contributed by atoms with van der Waals surface area (Å²) in [7, 11) is -3.81. The minimum absolute atomic E-state index is 0.0382. The third-order valence-corrected chi connectivity index (χ3v) is 6.65. The lowest BCUT2D eigenvalue weighted by Gasteiger charge is -2.32. The summed E-state index contributed by atoms with van der Waals surface area (Å²) >= 11 is 0. The highest BCUT2D eigenvalue weighted by Crippen LogP contribution is 2.27. The van der Waals surface area contributed by atoms with E-state index < -0.39 is 22.0 Å². The van der Waals surface area contributed by atoms with Crippen molar-refractivity contribution in [3.8, 4) is 17.9 Å². The zero-order valence-electron chi connectivity index (χ0n) is 16.1. The molecule has 0 N–H and O–H groups in total. The number of sulfonamides is 1. The molecule has 1 atom stereocenters. The number of hydrogen-bond donors (Lipinski definition) is 0. The van der Waals surface area contributed by atoms with E-state index in [4.69, 9.17) is 15.3 Å². The van der Waals surface area contributed by atoms with Crippen LogP contribution in [0.3, 0.4) is 0 Å². The second-order valence-electron chi connectivity index (χ2n) is 6.71. The number of carbonyl (C=O) groups is 1. The zero-order valence-corrected chi connectivity index (χ0v) is 16.9. The van der Waals surface area contributed by atoms with E-state index in [1.807, 2.05) is 0 Å². The third-order valence-electron chi connectivity index (χ3n) is 4.73. The third kappa shape index (κ3) is 4.74. The summed E-state index contributed by atoms with van der Waals surface area (Å²) < 4.78 is 32.7. The van der Waals surface area contributed by atoms with E-state index in [2.05, 4.69) is 0 Å². The van der Waals surface area contributed by atoms with E-state index in [0.29, 0.717) is 18.4 Å². The molecule has 0 aromatic heterocycles. The van der Waals surface area contributed by atoms with Crippen LogP contribution in [0, 0.1) is 22.7 Å². The Morgan fingerprint density at radius 3 is 2.33 bits per heavy atom. The van der Waals surface area contributed by atoms with Gasteiger partial charge in [-0.15, -0.1) is 0 Å². The molecule has 2 aromatic rings. The molecule has 2 aromatic carbocycles. The molecule has 0 radical (unpaired) electrons. The summed E-state index contributed by atoms with van der Waals surface area (Å²) in [5, 5.41) is 17.6. The highest BCUT2D eigenvalue weighted by Gasteiger charge is 2.38.